The third-order valence-corrected chi connectivity index (χ3v) is 3.86. The van der Waals surface area contributed by atoms with Gasteiger partial charge in [0.1, 0.15) is 18.3 Å². The number of hydrogen-bond acceptors (Lipinski definition) is 5. The zero-order valence-corrected chi connectivity index (χ0v) is 12.1. The van der Waals surface area contributed by atoms with Crippen molar-refractivity contribution in [3.05, 3.63) is 47.5 Å². The molecule has 5 nitrogen and oxygen atoms in total. The monoisotopic (exact) mass is 293 g/mol. The summed E-state index contributed by atoms with van der Waals surface area (Å²) in [5.41, 5.74) is 1.51. The number of hydrogen-bond donors (Lipinski definition) is 5. The molecule has 1 aliphatic carbocycles. The molecular weight excluding hydrogens is 270 g/mol. The first kappa shape index (κ1) is 16.1. The van der Waals surface area contributed by atoms with E-state index >= 15 is 0 Å². The van der Waals surface area contributed by atoms with E-state index in [1.165, 1.54) is 5.56 Å². The van der Waals surface area contributed by atoms with Gasteiger partial charge < -0.3 is 25.7 Å². The van der Waals surface area contributed by atoms with Gasteiger partial charge in [-0.3, -0.25) is 0 Å². The van der Waals surface area contributed by atoms with Crippen LogP contribution in [0.3, 0.4) is 0 Å². The average molecular weight is 293 g/mol. The Bertz CT molecular complexity index is 476. The van der Waals surface area contributed by atoms with E-state index in [-0.39, 0.29) is 12.6 Å². The molecule has 5 atom stereocenters. The summed E-state index contributed by atoms with van der Waals surface area (Å²) in [6.45, 7) is 1.65. The molecule has 0 saturated carbocycles. The van der Waals surface area contributed by atoms with E-state index in [4.69, 9.17) is 0 Å². The van der Waals surface area contributed by atoms with Crippen LogP contribution in [0.15, 0.2) is 42.0 Å². The Morgan fingerprint density at radius 3 is 2.38 bits per heavy atom. The second-order valence-corrected chi connectivity index (χ2v) is 5.61. The minimum absolute atomic E-state index is 0.0747. The van der Waals surface area contributed by atoms with Gasteiger partial charge in [0.15, 0.2) is 0 Å². The van der Waals surface area contributed by atoms with Gasteiger partial charge in [-0.15, -0.1) is 0 Å². The van der Waals surface area contributed by atoms with Crippen molar-refractivity contribution in [2.75, 3.05) is 6.61 Å². The lowest BCUT2D eigenvalue weighted by molar-refractivity contribution is -0.0651. The van der Waals surface area contributed by atoms with Crippen LogP contribution in [0.2, 0.25) is 0 Å². The van der Waals surface area contributed by atoms with Crippen LogP contribution < -0.4 is 5.32 Å². The summed E-state index contributed by atoms with van der Waals surface area (Å²) in [4.78, 5) is 0. The maximum Gasteiger partial charge on any atom is 0.111 e. The topological polar surface area (TPSA) is 93.0 Å². The molecule has 0 saturated heterocycles. The second kappa shape index (κ2) is 7.15. The van der Waals surface area contributed by atoms with Crippen molar-refractivity contribution in [2.24, 2.45) is 0 Å². The standard InChI is InChI=1S/C16H23NO4/c1-10(7-11-5-3-2-4-6-11)17-13-8-12(9-18)14(19)16(21)15(13)20/h2-6,8,10,13-21H,7,9H2,1H3. The van der Waals surface area contributed by atoms with E-state index in [0.717, 1.165) is 6.42 Å². The van der Waals surface area contributed by atoms with Crippen LogP contribution in [-0.2, 0) is 6.42 Å². The summed E-state index contributed by atoms with van der Waals surface area (Å²) in [6.07, 6.45) is -1.23. The second-order valence-electron chi connectivity index (χ2n) is 5.61. The van der Waals surface area contributed by atoms with Gasteiger partial charge in [-0.05, 0) is 24.5 Å². The van der Waals surface area contributed by atoms with Gasteiger partial charge in [-0.1, -0.05) is 36.4 Å². The fourth-order valence-electron chi connectivity index (χ4n) is 2.69. The normalized spacial score (nSPS) is 30.8. The Morgan fingerprint density at radius 1 is 1.10 bits per heavy atom. The lowest BCUT2D eigenvalue weighted by Crippen LogP contribution is -2.55. The van der Waals surface area contributed by atoms with Crippen molar-refractivity contribution in [3.8, 4) is 0 Å². The molecule has 0 radical (unpaired) electrons. The smallest absolute Gasteiger partial charge is 0.111 e. The van der Waals surface area contributed by atoms with E-state index in [0.29, 0.717) is 5.57 Å². The van der Waals surface area contributed by atoms with Crippen LogP contribution in [0.1, 0.15) is 12.5 Å². The van der Waals surface area contributed by atoms with Gasteiger partial charge in [0.05, 0.1) is 12.6 Å². The molecule has 5 N–H and O–H groups in total. The highest BCUT2D eigenvalue weighted by Crippen LogP contribution is 2.20. The van der Waals surface area contributed by atoms with Crippen LogP contribution in [0.25, 0.3) is 0 Å². The molecule has 21 heavy (non-hydrogen) atoms. The number of aliphatic hydroxyl groups excluding tert-OH is 4. The van der Waals surface area contributed by atoms with Gasteiger partial charge in [0.25, 0.3) is 0 Å². The first-order chi connectivity index (χ1) is 10.0. The predicted molar refractivity (Wildman–Crippen MR) is 79.7 cm³/mol. The van der Waals surface area contributed by atoms with E-state index < -0.39 is 24.4 Å². The molecule has 2 rings (SSSR count). The molecule has 0 heterocycles. The Kier molecular flexibility index (Phi) is 5.50. The number of rotatable bonds is 5. The first-order valence-corrected chi connectivity index (χ1v) is 7.18. The number of benzene rings is 1. The van der Waals surface area contributed by atoms with Crippen LogP contribution in [0.5, 0.6) is 0 Å². The molecule has 1 aromatic rings. The van der Waals surface area contributed by atoms with E-state index in [1.54, 1.807) is 6.08 Å². The van der Waals surface area contributed by atoms with Crippen molar-refractivity contribution in [1.82, 2.24) is 5.32 Å². The highest BCUT2D eigenvalue weighted by Gasteiger charge is 2.37. The highest BCUT2D eigenvalue weighted by molar-refractivity contribution is 5.22. The molecule has 1 aromatic carbocycles. The van der Waals surface area contributed by atoms with Crippen molar-refractivity contribution >= 4 is 0 Å². The minimum Gasteiger partial charge on any atom is -0.392 e. The van der Waals surface area contributed by atoms with E-state index in [9.17, 15) is 20.4 Å². The predicted octanol–water partition coefficient (Wildman–Crippen LogP) is -0.409. The molecule has 1 aliphatic rings. The molecule has 116 valence electrons. The summed E-state index contributed by atoms with van der Waals surface area (Å²) in [7, 11) is 0. The number of nitrogens with one attached hydrogen (secondary N) is 1. The van der Waals surface area contributed by atoms with E-state index in [1.807, 2.05) is 37.3 Å². The van der Waals surface area contributed by atoms with Crippen LogP contribution in [-0.4, -0.2) is 57.4 Å². The lowest BCUT2D eigenvalue weighted by Gasteiger charge is -2.36. The molecule has 0 spiro atoms. The average Bonchev–Trinajstić information content (AvgIpc) is 2.49. The van der Waals surface area contributed by atoms with Crippen molar-refractivity contribution in [3.63, 3.8) is 0 Å². The van der Waals surface area contributed by atoms with Crippen molar-refractivity contribution < 1.29 is 20.4 Å². The fourth-order valence-corrected chi connectivity index (χ4v) is 2.69. The van der Waals surface area contributed by atoms with Crippen molar-refractivity contribution in [1.29, 1.82) is 0 Å². The van der Waals surface area contributed by atoms with Gasteiger partial charge in [-0.2, -0.15) is 0 Å². The zero-order chi connectivity index (χ0) is 15.4. The minimum atomic E-state index is -1.29. The Labute approximate surface area is 124 Å². The number of aliphatic hydroxyl groups is 4. The quantitative estimate of drug-likeness (QED) is 0.476. The first-order valence-electron chi connectivity index (χ1n) is 7.18. The molecule has 0 amide bonds. The third-order valence-electron chi connectivity index (χ3n) is 3.86. The Morgan fingerprint density at radius 2 is 1.76 bits per heavy atom. The molecule has 0 bridgehead atoms. The van der Waals surface area contributed by atoms with Gasteiger partial charge in [-0.25, -0.2) is 0 Å². The van der Waals surface area contributed by atoms with Crippen LogP contribution >= 0.6 is 0 Å². The Hall–Kier alpha value is -1.24. The summed E-state index contributed by atoms with van der Waals surface area (Å²) in [5, 5.41) is 42.0. The molecule has 0 aliphatic heterocycles. The molecular formula is C16H23NO4. The van der Waals surface area contributed by atoms with Crippen LogP contribution in [0.4, 0.5) is 0 Å². The van der Waals surface area contributed by atoms with Gasteiger partial charge in [0.2, 0.25) is 0 Å². The maximum absolute atomic E-state index is 10.0. The molecule has 0 fully saturated rings. The largest absolute Gasteiger partial charge is 0.392 e. The maximum atomic E-state index is 10.0. The van der Waals surface area contributed by atoms with Gasteiger partial charge >= 0.3 is 0 Å². The Balaban J connectivity index is 2.02. The summed E-state index contributed by atoms with van der Waals surface area (Å²) < 4.78 is 0. The fraction of sp³-hybridized carbons (Fsp3) is 0.500. The molecule has 5 heteroatoms. The molecule has 0 aromatic heterocycles. The van der Waals surface area contributed by atoms with Crippen molar-refractivity contribution in [2.45, 2.75) is 43.7 Å². The lowest BCUT2D eigenvalue weighted by atomic mass is 9.87. The SMILES string of the molecule is CC(Cc1ccccc1)NC1C=C(CO)C(O)C(O)C1O. The van der Waals surface area contributed by atoms with E-state index in [2.05, 4.69) is 5.32 Å². The molecule has 5 unspecified atom stereocenters. The summed E-state index contributed by atoms with van der Waals surface area (Å²) >= 11 is 0. The highest BCUT2D eigenvalue weighted by atomic mass is 16.4. The van der Waals surface area contributed by atoms with Crippen LogP contribution in [0, 0.1) is 0 Å². The summed E-state index contributed by atoms with van der Waals surface area (Å²) in [6, 6.07) is 9.55. The third kappa shape index (κ3) is 3.90. The summed E-state index contributed by atoms with van der Waals surface area (Å²) in [5.74, 6) is 0. The van der Waals surface area contributed by atoms with Gasteiger partial charge in [0, 0.05) is 6.04 Å². The zero-order valence-electron chi connectivity index (χ0n) is 12.1.